The summed E-state index contributed by atoms with van der Waals surface area (Å²) in [5, 5.41) is 9.36. The Morgan fingerprint density at radius 3 is 2.44 bits per heavy atom. The summed E-state index contributed by atoms with van der Waals surface area (Å²) in [5.41, 5.74) is 0. The number of halogens is 1. The zero-order valence-corrected chi connectivity index (χ0v) is 12.3. The molecule has 18 heavy (non-hydrogen) atoms. The van der Waals surface area contributed by atoms with Crippen molar-refractivity contribution in [2.24, 2.45) is 5.92 Å². The van der Waals surface area contributed by atoms with Gasteiger partial charge in [0.05, 0.1) is 13.2 Å². The molecule has 3 nitrogen and oxygen atoms in total. The molecule has 0 bridgehead atoms. The maximum Gasteiger partial charge on any atom is 0.119 e. The number of aliphatic hydroxyl groups excluding tert-OH is 1. The normalized spacial score (nSPS) is 17.2. The fourth-order valence-corrected chi connectivity index (χ4v) is 2.22. The average molecular weight is 316 g/mol. The number of para-hydroxylation sites is 1. The second kappa shape index (κ2) is 8.51. The van der Waals surface area contributed by atoms with Gasteiger partial charge in [-0.25, -0.2) is 0 Å². The Morgan fingerprint density at radius 1 is 1.17 bits per heavy atom. The lowest BCUT2D eigenvalue weighted by atomic mass is 10.1. The standard InChI is InChI=1S/C14H21NO2.BrH/c16-11-13(10-15-8-4-5-9-15)12-17-14-6-2-1-3-7-14;/h1-3,6-7,13,16H,4-5,8-12H2;1H. The van der Waals surface area contributed by atoms with Crippen molar-refractivity contribution in [3.05, 3.63) is 30.3 Å². The van der Waals surface area contributed by atoms with E-state index in [-0.39, 0.29) is 29.5 Å². The quantitative estimate of drug-likeness (QED) is 0.874. The van der Waals surface area contributed by atoms with Crippen molar-refractivity contribution in [2.45, 2.75) is 12.8 Å². The van der Waals surface area contributed by atoms with Crippen LogP contribution in [0, 0.1) is 5.92 Å². The Bertz CT molecular complexity index is 315. The zero-order valence-electron chi connectivity index (χ0n) is 10.6. The molecular formula is C14H22BrNO2. The van der Waals surface area contributed by atoms with Gasteiger partial charge in [-0.3, -0.25) is 0 Å². The molecule has 0 aromatic heterocycles. The van der Waals surface area contributed by atoms with Crippen LogP contribution in [-0.2, 0) is 0 Å². The van der Waals surface area contributed by atoms with Gasteiger partial charge in [-0.2, -0.15) is 0 Å². The van der Waals surface area contributed by atoms with Crippen LogP contribution < -0.4 is 4.74 Å². The van der Waals surface area contributed by atoms with Crippen LogP contribution in [0.2, 0.25) is 0 Å². The number of likely N-dealkylation sites (tertiary alicyclic amines) is 1. The van der Waals surface area contributed by atoms with Gasteiger partial charge in [-0.15, -0.1) is 17.0 Å². The first-order valence-corrected chi connectivity index (χ1v) is 6.39. The monoisotopic (exact) mass is 315 g/mol. The van der Waals surface area contributed by atoms with E-state index >= 15 is 0 Å². The largest absolute Gasteiger partial charge is 0.493 e. The second-order valence-electron chi connectivity index (χ2n) is 4.68. The molecule has 102 valence electrons. The average Bonchev–Trinajstić information content (AvgIpc) is 2.88. The molecule has 1 aliphatic rings. The fourth-order valence-electron chi connectivity index (χ4n) is 2.22. The number of hydrogen-bond acceptors (Lipinski definition) is 3. The number of ether oxygens (including phenoxy) is 1. The van der Waals surface area contributed by atoms with Crippen LogP contribution in [0.15, 0.2) is 30.3 Å². The van der Waals surface area contributed by atoms with E-state index < -0.39 is 0 Å². The second-order valence-corrected chi connectivity index (χ2v) is 4.68. The van der Waals surface area contributed by atoms with Gasteiger partial charge in [0.25, 0.3) is 0 Å². The van der Waals surface area contributed by atoms with Crippen molar-refractivity contribution in [2.75, 3.05) is 32.8 Å². The van der Waals surface area contributed by atoms with Crippen LogP contribution in [0.3, 0.4) is 0 Å². The van der Waals surface area contributed by atoms with Crippen LogP contribution in [0.5, 0.6) is 5.75 Å². The van der Waals surface area contributed by atoms with Crippen LogP contribution in [-0.4, -0.2) is 42.9 Å². The Morgan fingerprint density at radius 2 is 1.83 bits per heavy atom. The van der Waals surface area contributed by atoms with E-state index in [0.717, 1.165) is 12.3 Å². The van der Waals surface area contributed by atoms with Crippen LogP contribution in [0.25, 0.3) is 0 Å². The van der Waals surface area contributed by atoms with Crippen LogP contribution in [0.4, 0.5) is 0 Å². The summed E-state index contributed by atoms with van der Waals surface area (Å²) in [6, 6.07) is 9.79. The summed E-state index contributed by atoms with van der Waals surface area (Å²) in [4.78, 5) is 2.41. The van der Waals surface area contributed by atoms with Gasteiger partial charge in [0, 0.05) is 12.5 Å². The Kier molecular flexibility index (Phi) is 7.32. The van der Waals surface area contributed by atoms with Crippen molar-refractivity contribution in [1.82, 2.24) is 4.90 Å². The molecule has 2 rings (SSSR count). The molecule has 0 saturated carbocycles. The van der Waals surface area contributed by atoms with Crippen LogP contribution in [0.1, 0.15) is 12.8 Å². The molecular weight excluding hydrogens is 294 g/mol. The highest BCUT2D eigenvalue weighted by Crippen LogP contribution is 2.13. The Balaban J connectivity index is 0.00000162. The lowest BCUT2D eigenvalue weighted by Crippen LogP contribution is -2.32. The molecule has 1 aromatic rings. The maximum absolute atomic E-state index is 9.36. The lowest BCUT2D eigenvalue weighted by molar-refractivity contribution is 0.129. The molecule has 0 amide bonds. The van der Waals surface area contributed by atoms with E-state index in [9.17, 15) is 5.11 Å². The molecule has 1 aliphatic heterocycles. The SMILES string of the molecule is Br.OCC(COc1ccccc1)CN1CCCC1. The summed E-state index contributed by atoms with van der Waals surface area (Å²) in [7, 11) is 0. The van der Waals surface area contributed by atoms with Crippen LogP contribution >= 0.6 is 17.0 Å². The number of hydrogen-bond donors (Lipinski definition) is 1. The van der Waals surface area contributed by atoms with E-state index in [1.807, 2.05) is 30.3 Å². The minimum Gasteiger partial charge on any atom is -0.493 e. The molecule has 1 fully saturated rings. The molecule has 4 heteroatoms. The summed E-state index contributed by atoms with van der Waals surface area (Å²) >= 11 is 0. The van der Waals surface area contributed by atoms with E-state index in [4.69, 9.17) is 4.74 Å². The van der Waals surface area contributed by atoms with Gasteiger partial charge in [-0.05, 0) is 38.1 Å². The van der Waals surface area contributed by atoms with Gasteiger partial charge >= 0.3 is 0 Å². The van der Waals surface area contributed by atoms with Crippen molar-refractivity contribution in [1.29, 1.82) is 0 Å². The molecule has 1 saturated heterocycles. The van der Waals surface area contributed by atoms with Gasteiger partial charge < -0.3 is 14.7 Å². The van der Waals surface area contributed by atoms with Crippen molar-refractivity contribution in [3.63, 3.8) is 0 Å². The summed E-state index contributed by atoms with van der Waals surface area (Å²) < 4.78 is 5.68. The summed E-state index contributed by atoms with van der Waals surface area (Å²) in [6.45, 7) is 4.08. The Hall–Kier alpha value is -0.580. The molecule has 1 unspecified atom stereocenters. The first-order chi connectivity index (χ1) is 8.38. The molecule has 1 N–H and O–H groups in total. The third-order valence-corrected chi connectivity index (χ3v) is 3.20. The van der Waals surface area contributed by atoms with Crippen molar-refractivity contribution < 1.29 is 9.84 Å². The maximum atomic E-state index is 9.36. The molecule has 0 spiro atoms. The predicted molar refractivity (Wildman–Crippen MR) is 78.5 cm³/mol. The first kappa shape index (κ1) is 15.5. The smallest absolute Gasteiger partial charge is 0.119 e. The number of nitrogens with zero attached hydrogens (tertiary/aromatic N) is 1. The molecule has 0 aliphatic carbocycles. The topological polar surface area (TPSA) is 32.7 Å². The first-order valence-electron chi connectivity index (χ1n) is 6.39. The van der Waals surface area contributed by atoms with Crippen molar-refractivity contribution in [3.8, 4) is 5.75 Å². The summed E-state index contributed by atoms with van der Waals surface area (Å²) in [5.74, 6) is 1.10. The van der Waals surface area contributed by atoms with Gasteiger partial charge in [-0.1, -0.05) is 18.2 Å². The summed E-state index contributed by atoms with van der Waals surface area (Å²) in [6.07, 6.45) is 2.58. The minimum atomic E-state index is 0. The Labute approximate surface area is 120 Å². The fraction of sp³-hybridized carbons (Fsp3) is 0.571. The molecule has 1 heterocycles. The molecule has 1 atom stereocenters. The van der Waals surface area contributed by atoms with Crippen molar-refractivity contribution >= 4 is 17.0 Å². The third kappa shape index (κ3) is 4.96. The highest BCUT2D eigenvalue weighted by molar-refractivity contribution is 8.93. The highest BCUT2D eigenvalue weighted by Gasteiger charge is 2.17. The molecule has 1 aromatic carbocycles. The van der Waals surface area contributed by atoms with E-state index in [1.54, 1.807) is 0 Å². The molecule has 0 radical (unpaired) electrons. The lowest BCUT2D eigenvalue weighted by Gasteiger charge is -2.21. The van der Waals surface area contributed by atoms with Gasteiger partial charge in [0.1, 0.15) is 5.75 Å². The number of aliphatic hydroxyl groups is 1. The predicted octanol–water partition coefficient (Wildman–Crippen LogP) is 2.35. The van der Waals surface area contributed by atoms with Gasteiger partial charge in [0.2, 0.25) is 0 Å². The number of rotatable bonds is 6. The highest BCUT2D eigenvalue weighted by atomic mass is 79.9. The van der Waals surface area contributed by atoms with Gasteiger partial charge in [0.15, 0.2) is 0 Å². The van der Waals surface area contributed by atoms with E-state index in [2.05, 4.69) is 4.90 Å². The van der Waals surface area contributed by atoms with E-state index in [0.29, 0.717) is 6.61 Å². The minimum absolute atomic E-state index is 0. The third-order valence-electron chi connectivity index (χ3n) is 3.20. The number of benzene rings is 1. The van der Waals surface area contributed by atoms with E-state index in [1.165, 1.54) is 25.9 Å². The zero-order chi connectivity index (χ0) is 11.9.